The van der Waals surface area contributed by atoms with Gasteiger partial charge >= 0.3 is 231 Å². The van der Waals surface area contributed by atoms with Crippen LogP contribution in [0, 0.1) is 11.8 Å². The summed E-state index contributed by atoms with van der Waals surface area (Å²) < 4.78 is 3.73. The Bertz CT molecular complexity index is 1240. The monoisotopic (exact) mass is 644 g/mol. The minimum atomic E-state index is -2.08. The fourth-order valence-electron chi connectivity index (χ4n) is 5.89. The molecule has 0 radical (unpaired) electrons. The van der Waals surface area contributed by atoms with Crippen LogP contribution in [0.3, 0.4) is 0 Å². The molecule has 0 heterocycles. The molecular weight excluding hydrogens is 599 g/mol. The third-order valence-electron chi connectivity index (χ3n) is 7.77. The molecule has 2 aromatic rings. The van der Waals surface area contributed by atoms with Crippen molar-refractivity contribution in [2.45, 2.75) is 105 Å². The Balaban J connectivity index is 0.00000253. The van der Waals surface area contributed by atoms with Crippen molar-refractivity contribution in [3.8, 4) is 11.1 Å². The van der Waals surface area contributed by atoms with Crippen LogP contribution >= 0.6 is 0 Å². The quantitative estimate of drug-likeness (QED) is 0.361. The third kappa shape index (κ3) is 7.46. The van der Waals surface area contributed by atoms with Crippen LogP contribution in [0.15, 0.2) is 51.8 Å². The summed E-state index contributed by atoms with van der Waals surface area (Å²) in [7, 11) is 0. The molecule has 38 heavy (non-hydrogen) atoms. The Hall–Kier alpha value is -0.400. The molecule has 0 N–H and O–H groups in total. The number of hydrogen-bond acceptors (Lipinski definition) is 0. The Morgan fingerprint density at radius 3 is 1.87 bits per heavy atom. The van der Waals surface area contributed by atoms with Gasteiger partial charge in [-0.05, 0) is 0 Å². The van der Waals surface area contributed by atoms with Gasteiger partial charge in [0.1, 0.15) is 0 Å². The molecule has 0 unspecified atom stereocenters. The summed E-state index contributed by atoms with van der Waals surface area (Å²) in [6.07, 6.45) is 9.69. The van der Waals surface area contributed by atoms with Crippen molar-refractivity contribution in [3.63, 3.8) is 0 Å². The molecule has 0 saturated carbocycles. The van der Waals surface area contributed by atoms with E-state index < -0.39 is 25.8 Å². The van der Waals surface area contributed by atoms with E-state index in [1.54, 1.807) is 22.3 Å². The van der Waals surface area contributed by atoms with Gasteiger partial charge in [0.25, 0.3) is 0 Å². The fourth-order valence-corrected chi connectivity index (χ4v) is 31.2. The van der Waals surface area contributed by atoms with Crippen molar-refractivity contribution in [2.75, 3.05) is 0 Å². The van der Waals surface area contributed by atoms with Crippen molar-refractivity contribution in [3.05, 3.63) is 74.1 Å². The smallest absolute Gasteiger partial charge is 1.00 e. The molecule has 2 aliphatic carbocycles. The molecule has 206 valence electrons. The van der Waals surface area contributed by atoms with Gasteiger partial charge in [0.15, 0.2) is 0 Å². The number of fused-ring (bicyclic) bond motifs is 3. The molecule has 0 spiro atoms. The van der Waals surface area contributed by atoms with Gasteiger partial charge in [-0.2, -0.15) is 0 Å². The van der Waals surface area contributed by atoms with Crippen LogP contribution in [-0.4, -0.2) is 5.43 Å². The summed E-state index contributed by atoms with van der Waals surface area (Å²) in [6.45, 7) is 24.1. The maximum absolute atomic E-state index is 2.73. The van der Waals surface area contributed by atoms with E-state index in [4.69, 9.17) is 0 Å². The minimum Gasteiger partial charge on any atom is -1.00 e. The first kappa shape index (κ1) is 33.8. The summed E-state index contributed by atoms with van der Waals surface area (Å²) >= 11 is -2.08. The molecule has 0 nitrogen and oxygen atoms in total. The van der Waals surface area contributed by atoms with Crippen molar-refractivity contribution in [1.82, 2.24) is 0 Å². The van der Waals surface area contributed by atoms with Gasteiger partial charge in [-0.25, -0.2) is 0 Å². The summed E-state index contributed by atoms with van der Waals surface area (Å²) in [4.78, 5) is 0. The van der Waals surface area contributed by atoms with Crippen molar-refractivity contribution in [2.24, 2.45) is 11.8 Å². The van der Waals surface area contributed by atoms with Crippen molar-refractivity contribution < 1.29 is 45.2 Å². The van der Waals surface area contributed by atoms with Crippen LogP contribution in [0.2, 0.25) is 12.1 Å². The molecule has 4 rings (SSSR count). The normalized spacial score (nSPS) is 13.9. The van der Waals surface area contributed by atoms with Crippen molar-refractivity contribution >= 4 is 8.70 Å². The Kier molecular flexibility index (Phi) is 11.6. The Labute approximate surface area is 254 Å². The minimum absolute atomic E-state index is 0. The predicted molar refractivity (Wildman–Crippen MR) is 159 cm³/mol. The average molecular weight is 647 g/mol. The second-order valence-electron chi connectivity index (χ2n) is 14.1. The number of rotatable bonds is 6. The van der Waals surface area contributed by atoms with Crippen LogP contribution in [0.25, 0.3) is 11.1 Å². The molecule has 0 amide bonds. The molecule has 2 aliphatic rings. The van der Waals surface area contributed by atoms with Crippen LogP contribution in [0.4, 0.5) is 0 Å². The molecule has 0 saturated heterocycles. The molecule has 0 aliphatic heterocycles. The Morgan fingerprint density at radius 2 is 1.37 bits per heavy atom. The van der Waals surface area contributed by atoms with Crippen LogP contribution < -0.4 is 28.1 Å². The molecule has 2 aromatic carbocycles. The molecule has 4 heteroatoms. The topological polar surface area (TPSA) is 0 Å². The second kappa shape index (κ2) is 13.1. The largest absolute Gasteiger partial charge is 1.00 e. The van der Waals surface area contributed by atoms with Gasteiger partial charge in [0.2, 0.25) is 0 Å². The zero-order chi connectivity index (χ0) is 26.4. The zero-order valence-corrected chi connectivity index (χ0v) is 30.3. The van der Waals surface area contributed by atoms with E-state index in [1.165, 1.54) is 29.6 Å². The van der Waals surface area contributed by atoms with E-state index in [0.29, 0.717) is 0 Å². The van der Waals surface area contributed by atoms with Gasteiger partial charge < -0.3 is 24.8 Å². The van der Waals surface area contributed by atoms with E-state index in [9.17, 15) is 0 Å². The summed E-state index contributed by atoms with van der Waals surface area (Å²) in [6, 6.07) is 15.6. The number of halogens is 2. The summed E-state index contributed by atoms with van der Waals surface area (Å²) in [5.41, 5.74) is 9.26. The SMILES string of the molecule is CC(C)C[Si](CC(C)C)=[Zr+2]([C]1=CC=CC1)[c]1cc(C(C)(C)C)cc2c1Cc1ccc(C(C)(C)C)cc1-2.[Cl-].[Cl-]. The first-order valence-corrected chi connectivity index (χ1v) is 22.2. The van der Waals surface area contributed by atoms with E-state index in [0.717, 1.165) is 18.3 Å². The van der Waals surface area contributed by atoms with E-state index in [2.05, 4.69) is 118 Å². The maximum Gasteiger partial charge on any atom is -1.00 e. The van der Waals surface area contributed by atoms with E-state index in [-0.39, 0.29) is 35.6 Å². The predicted octanol–water partition coefficient (Wildman–Crippen LogP) is 3.25. The van der Waals surface area contributed by atoms with E-state index in [1.807, 2.05) is 6.55 Å². The maximum atomic E-state index is 2.73. The number of allylic oxidation sites excluding steroid dienone is 4. The van der Waals surface area contributed by atoms with E-state index >= 15 is 0 Å². The number of hydrogen-bond donors (Lipinski definition) is 0. The fraction of sp³-hybridized carbons (Fsp3) is 0.529. The van der Waals surface area contributed by atoms with Gasteiger partial charge in [-0.15, -0.1) is 0 Å². The van der Waals surface area contributed by atoms with Gasteiger partial charge in [-0.1, -0.05) is 0 Å². The molecule has 0 atom stereocenters. The summed E-state index contributed by atoms with van der Waals surface area (Å²) in [5, 5.41) is 0. The second-order valence-corrected chi connectivity index (χ2v) is 29.0. The molecule has 0 bridgehead atoms. The Morgan fingerprint density at radius 1 is 0.789 bits per heavy atom. The molecule has 0 aromatic heterocycles. The van der Waals surface area contributed by atoms with Gasteiger partial charge in [0.05, 0.1) is 0 Å². The summed E-state index contributed by atoms with van der Waals surface area (Å²) in [5.74, 6) is 1.60. The van der Waals surface area contributed by atoms with Crippen molar-refractivity contribution in [1.29, 1.82) is 0 Å². The first-order chi connectivity index (χ1) is 16.8. The molecule has 0 fully saturated rings. The average Bonchev–Trinajstić information content (AvgIpc) is 3.39. The zero-order valence-electron chi connectivity index (χ0n) is 25.4. The first-order valence-electron chi connectivity index (χ1n) is 14.1. The third-order valence-corrected chi connectivity index (χ3v) is 27.7. The molecular formula is C34H48Cl2SiZr. The van der Waals surface area contributed by atoms with Crippen LogP contribution in [-0.2, 0) is 37.6 Å². The standard InChI is InChI=1S/C21H25.C8H18Si.C5H5.2ClH.Zr/c1-20(2,3)16-9-7-14-11-15-8-10-17(21(4,5)6)13-19(15)18(14)12-16;1-7(2)5-9-6-8(3)4;1-2-4-5-3-1;;;/h7,9-10,12-13H,11H2,1-6H3;7-8H,5-6H2,1-4H3;1-3H,4H2;2*1H;/q;;;;;+2/p-2. The van der Waals surface area contributed by atoms with Gasteiger partial charge in [-0.3, -0.25) is 0 Å². The number of benzene rings is 2. The van der Waals surface area contributed by atoms with Crippen LogP contribution in [0.5, 0.6) is 0 Å². The van der Waals surface area contributed by atoms with Gasteiger partial charge in [0, 0.05) is 0 Å². The van der Waals surface area contributed by atoms with Crippen LogP contribution in [0.1, 0.15) is 97.9 Å².